The Morgan fingerprint density at radius 3 is 1.10 bits per heavy atom. The third kappa shape index (κ3) is 37.6. The van der Waals surface area contributed by atoms with Crippen molar-refractivity contribution in [2.75, 3.05) is 26.4 Å². The largest absolute Gasteiger partial charge is 0.472 e. The first-order valence-electron chi connectivity index (χ1n) is 38.7. The van der Waals surface area contributed by atoms with Gasteiger partial charge in [-0.25, -0.2) is 4.57 Å². The molecule has 2 aliphatic heterocycles. The molecule has 0 bridgehead atoms. The number of aliphatic hydroxyl groups excluding tert-OH is 10. The Morgan fingerprint density at radius 1 is 0.388 bits per heavy atom. The minimum Gasteiger partial charge on any atom is -0.463 e. The number of hydrogen-bond donors (Lipinski definition) is 11. The van der Waals surface area contributed by atoms with Gasteiger partial charge in [0.05, 0.1) is 13.2 Å². The lowest BCUT2D eigenvalue weighted by atomic mass is 9.84. The van der Waals surface area contributed by atoms with Crippen molar-refractivity contribution in [3.63, 3.8) is 0 Å². The summed E-state index contributed by atoms with van der Waals surface area (Å²) in [6, 6.07) is 0. The van der Waals surface area contributed by atoms with Gasteiger partial charge >= 0.3 is 25.7 Å². The van der Waals surface area contributed by atoms with Gasteiger partial charge in [-0.15, -0.1) is 0 Å². The molecule has 3 fully saturated rings. The van der Waals surface area contributed by atoms with Crippen molar-refractivity contribution >= 4 is 25.7 Å². The molecule has 19 unspecified atom stereocenters. The molecule has 578 valence electrons. The average molecular weight is 1430 g/mol. The number of carbonyl (C=O) groups is 3. The fraction of sp³-hybridized carbons (Fsp3) is 0.959. The summed E-state index contributed by atoms with van der Waals surface area (Å²) < 4.78 is 65.1. The zero-order chi connectivity index (χ0) is 71.9. The molecule has 0 spiro atoms. The topological polar surface area (TPSA) is 374 Å². The zero-order valence-corrected chi connectivity index (χ0v) is 61.4. The summed E-state index contributed by atoms with van der Waals surface area (Å²) >= 11 is 0. The molecule has 98 heavy (non-hydrogen) atoms. The molecule has 2 heterocycles. The molecule has 0 amide bonds. The van der Waals surface area contributed by atoms with Crippen molar-refractivity contribution in [1.82, 2.24) is 0 Å². The van der Waals surface area contributed by atoms with Crippen LogP contribution in [0.4, 0.5) is 0 Å². The lowest BCUT2D eigenvalue weighted by molar-refractivity contribution is -0.360. The SMILES string of the molecule is CCCCCCCCCCCCCCCCCCC(=O)OC(COC(=O)CCCCCCCCCCCCC)COP(=O)(O)OC1C(OC2OC(CO)C(O)C(O)C2O)C(O)C(O)C(O)C1OC1OC(COC(=O)CCCCCCCCC(C)CCCCCCCC)C(O)C(O)C1O. The van der Waals surface area contributed by atoms with E-state index in [0.717, 1.165) is 96.3 Å². The highest BCUT2D eigenvalue weighted by Crippen LogP contribution is 2.49. The first kappa shape index (κ1) is 90.2. The summed E-state index contributed by atoms with van der Waals surface area (Å²) in [5.74, 6) is -1.28. The van der Waals surface area contributed by atoms with E-state index < -0.39 is 156 Å². The van der Waals surface area contributed by atoms with Crippen LogP contribution < -0.4 is 0 Å². The fourth-order valence-electron chi connectivity index (χ4n) is 13.1. The van der Waals surface area contributed by atoms with Crippen LogP contribution in [0, 0.1) is 5.92 Å². The van der Waals surface area contributed by atoms with E-state index in [1.54, 1.807) is 0 Å². The van der Waals surface area contributed by atoms with E-state index in [1.807, 2.05) is 0 Å². The highest BCUT2D eigenvalue weighted by atomic mass is 31.2. The van der Waals surface area contributed by atoms with Gasteiger partial charge < -0.3 is 89.1 Å². The van der Waals surface area contributed by atoms with E-state index in [-0.39, 0.29) is 19.3 Å². The van der Waals surface area contributed by atoms with E-state index in [9.17, 15) is 74.9 Å². The van der Waals surface area contributed by atoms with Gasteiger partial charge in [-0.05, 0) is 25.2 Å². The Labute approximate surface area is 587 Å². The number of ether oxygens (including phenoxy) is 7. The van der Waals surface area contributed by atoms with Crippen LogP contribution in [-0.4, -0.2) is 204 Å². The highest BCUT2D eigenvalue weighted by Gasteiger charge is 2.58. The van der Waals surface area contributed by atoms with Crippen molar-refractivity contribution in [1.29, 1.82) is 0 Å². The Morgan fingerprint density at radius 2 is 0.714 bits per heavy atom. The summed E-state index contributed by atoms with van der Waals surface area (Å²) in [6.07, 6.45) is 10.3. The fourth-order valence-corrected chi connectivity index (χ4v) is 14.1. The van der Waals surface area contributed by atoms with Crippen molar-refractivity contribution in [3.05, 3.63) is 0 Å². The normalized spacial score (nSPS) is 27.9. The molecule has 3 rings (SSSR count). The standard InChI is InChI=1S/C73H137O24P/c1-5-8-11-14-17-19-21-22-23-24-25-27-29-31-38-43-48-59(77)92-54(50-89-57(75)46-41-36-30-28-26-20-18-15-12-9-6-2)51-91-98(87,88)97-71-69(95-72-67(85)62(80)60(78)55(49-74)93-72)65(83)64(82)66(84)70(71)96-73-68(86)63(81)61(79)56(94-73)52-90-58(76)47-42-37-33-32-35-40-45-53(4)44-39-34-16-13-10-7-3/h53-56,60-74,78-86H,5-52H2,1-4H3,(H,87,88). The highest BCUT2D eigenvalue weighted by molar-refractivity contribution is 7.47. The minimum atomic E-state index is -5.69. The minimum absolute atomic E-state index is 0.0310. The van der Waals surface area contributed by atoms with Crippen LogP contribution in [-0.2, 0) is 61.2 Å². The second-order valence-electron chi connectivity index (χ2n) is 28.4. The second-order valence-corrected chi connectivity index (χ2v) is 29.8. The van der Waals surface area contributed by atoms with Crippen molar-refractivity contribution in [2.45, 2.75) is 414 Å². The van der Waals surface area contributed by atoms with Crippen LogP contribution in [0.25, 0.3) is 0 Å². The number of phosphoric ester groups is 1. The van der Waals surface area contributed by atoms with E-state index in [0.29, 0.717) is 25.2 Å². The van der Waals surface area contributed by atoms with E-state index in [2.05, 4.69) is 27.7 Å². The molecule has 24 nitrogen and oxygen atoms in total. The van der Waals surface area contributed by atoms with Crippen LogP contribution in [0.15, 0.2) is 0 Å². The molecular formula is C73H137O24P. The molecule has 1 aliphatic carbocycles. The van der Waals surface area contributed by atoms with Gasteiger partial charge in [0.1, 0.15) is 98.7 Å². The maximum absolute atomic E-state index is 14.3. The molecule has 25 heteroatoms. The predicted molar refractivity (Wildman–Crippen MR) is 370 cm³/mol. The molecule has 11 N–H and O–H groups in total. The molecule has 1 saturated carbocycles. The lowest BCUT2D eigenvalue weighted by Crippen LogP contribution is -2.69. The Kier molecular flexibility index (Phi) is 50.2. The van der Waals surface area contributed by atoms with Crippen LogP contribution in [0.3, 0.4) is 0 Å². The number of hydrogen-bond acceptors (Lipinski definition) is 23. The Bertz CT molecular complexity index is 2050. The van der Waals surface area contributed by atoms with Gasteiger partial charge in [0.2, 0.25) is 0 Å². The van der Waals surface area contributed by atoms with Gasteiger partial charge in [0.25, 0.3) is 0 Å². The number of phosphoric acid groups is 1. The quantitative estimate of drug-likeness (QED) is 0.0117. The molecule has 0 aromatic heterocycles. The second kappa shape index (κ2) is 54.6. The molecule has 3 aliphatic rings. The van der Waals surface area contributed by atoms with Crippen LogP contribution in [0.2, 0.25) is 0 Å². The zero-order valence-electron chi connectivity index (χ0n) is 60.5. The molecule has 0 radical (unpaired) electrons. The number of aliphatic hydroxyl groups is 10. The lowest BCUT2D eigenvalue weighted by Gasteiger charge is -2.49. The number of carbonyl (C=O) groups excluding carboxylic acids is 3. The number of esters is 3. The maximum Gasteiger partial charge on any atom is 0.472 e. The van der Waals surface area contributed by atoms with Crippen molar-refractivity contribution < 1.29 is 117 Å². The van der Waals surface area contributed by atoms with Crippen LogP contribution in [0.5, 0.6) is 0 Å². The summed E-state index contributed by atoms with van der Waals surface area (Å²) in [5.41, 5.74) is 0. The first-order chi connectivity index (χ1) is 47.2. The molecular weight excluding hydrogens is 1290 g/mol. The smallest absolute Gasteiger partial charge is 0.463 e. The summed E-state index contributed by atoms with van der Waals surface area (Å²) in [7, 11) is -5.69. The molecule has 0 aromatic rings. The van der Waals surface area contributed by atoms with Crippen molar-refractivity contribution in [3.8, 4) is 0 Å². The predicted octanol–water partition coefficient (Wildman–Crippen LogP) is 10.8. The Balaban J connectivity index is 1.72. The van der Waals surface area contributed by atoms with Crippen LogP contribution >= 0.6 is 7.82 Å². The van der Waals surface area contributed by atoms with Crippen molar-refractivity contribution in [2.24, 2.45) is 5.92 Å². The van der Waals surface area contributed by atoms with Gasteiger partial charge in [-0.3, -0.25) is 23.4 Å². The van der Waals surface area contributed by atoms with Gasteiger partial charge in [-0.1, -0.05) is 272 Å². The van der Waals surface area contributed by atoms with Gasteiger partial charge in [-0.2, -0.15) is 0 Å². The first-order valence-corrected chi connectivity index (χ1v) is 40.2. The summed E-state index contributed by atoms with van der Waals surface area (Å²) in [4.78, 5) is 51.0. The van der Waals surface area contributed by atoms with E-state index in [4.69, 9.17) is 42.2 Å². The van der Waals surface area contributed by atoms with E-state index in [1.165, 1.54) is 148 Å². The monoisotopic (exact) mass is 1430 g/mol. The molecule has 0 aromatic carbocycles. The van der Waals surface area contributed by atoms with E-state index >= 15 is 0 Å². The summed E-state index contributed by atoms with van der Waals surface area (Å²) in [5, 5.41) is 110. The number of unbranched alkanes of at least 4 members (excludes halogenated alkanes) is 35. The molecule has 19 atom stereocenters. The summed E-state index contributed by atoms with van der Waals surface area (Å²) in [6.45, 7) is 5.78. The maximum atomic E-state index is 14.3. The average Bonchev–Trinajstić information content (AvgIpc) is 0.764. The van der Waals surface area contributed by atoms with Gasteiger partial charge in [0.15, 0.2) is 18.7 Å². The molecule has 2 saturated heterocycles. The van der Waals surface area contributed by atoms with Gasteiger partial charge in [0, 0.05) is 19.3 Å². The number of rotatable bonds is 60. The van der Waals surface area contributed by atoms with Crippen LogP contribution in [0.1, 0.15) is 310 Å². The Hall–Kier alpha value is -2.04. The third-order valence-corrected chi connectivity index (χ3v) is 20.5. The third-order valence-electron chi connectivity index (χ3n) is 19.5.